The van der Waals surface area contributed by atoms with Crippen LogP contribution in [0.2, 0.25) is 0 Å². The van der Waals surface area contributed by atoms with Crippen molar-refractivity contribution in [1.82, 2.24) is 5.32 Å². The second-order valence-corrected chi connectivity index (χ2v) is 4.09. The van der Waals surface area contributed by atoms with E-state index in [9.17, 15) is 9.59 Å². The topological polar surface area (TPSA) is 102 Å². The average molecular weight is 232 g/mol. The van der Waals surface area contributed by atoms with Crippen LogP contribution in [0.15, 0.2) is 0 Å². The number of aliphatic carboxylic acids is 1. The van der Waals surface area contributed by atoms with Crippen LogP contribution in [-0.2, 0) is 14.3 Å². The van der Waals surface area contributed by atoms with Crippen LogP contribution in [0.25, 0.3) is 0 Å². The van der Waals surface area contributed by atoms with Crippen molar-refractivity contribution >= 4 is 11.9 Å². The molecule has 0 spiro atoms. The van der Waals surface area contributed by atoms with Crippen LogP contribution < -0.4 is 11.1 Å². The molecule has 16 heavy (non-hydrogen) atoms. The van der Waals surface area contributed by atoms with Crippen LogP contribution in [0.4, 0.5) is 0 Å². The van der Waals surface area contributed by atoms with Gasteiger partial charge in [0, 0.05) is 7.11 Å². The van der Waals surface area contributed by atoms with E-state index in [1.54, 1.807) is 0 Å². The minimum atomic E-state index is -1.05. The van der Waals surface area contributed by atoms with E-state index in [4.69, 9.17) is 15.6 Å². The molecule has 6 heteroatoms. The Balaban J connectivity index is 4.28. The molecule has 94 valence electrons. The Kier molecular flexibility index (Phi) is 6.67. The molecule has 0 heterocycles. The van der Waals surface area contributed by atoms with E-state index >= 15 is 0 Å². The van der Waals surface area contributed by atoms with Gasteiger partial charge in [-0.25, -0.2) is 4.79 Å². The summed E-state index contributed by atoms with van der Waals surface area (Å²) in [5, 5.41) is 11.3. The van der Waals surface area contributed by atoms with Crippen molar-refractivity contribution in [2.75, 3.05) is 13.7 Å². The number of carbonyl (C=O) groups is 2. The summed E-state index contributed by atoms with van der Waals surface area (Å²) in [6.45, 7) is 3.84. The first-order chi connectivity index (χ1) is 7.38. The van der Waals surface area contributed by atoms with Crippen LogP contribution in [0, 0.1) is 5.92 Å². The fraction of sp³-hybridized carbons (Fsp3) is 0.800. The van der Waals surface area contributed by atoms with Gasteiger partial charge in [0.1, 0.15) is 12.1 Å². The number of hydrogen-bond acceptors (Lipinski definition) is 4. The summed E-state index contributed by atoms with van der Waals surface area (Å²) in [6.07, 6.45) is 0.376. The molecule has 0 rings (SSSR count). The molecular weight excluding hydrogens is 212 g/mol. The number of hydrogen-bond donors (Lipinski definition) is 3. The Hall–Kier alpha value is -1.14. The summed E-state index contributed by atoms with van der Waals surface area (Å²) in [5.74, 6) is -1.37. The first-order valence-electron chi connectivity index (χ1n) is 5.16. The average Bonchev–Trinajstić information content (AvgIpc) is 2.16. The Bertz CT molecular complexity index is 243. The summed E-state index contributed by atoms with van der Waals surface area (Å²) in [6, 6.07) is -1.73. The van der Waals surface area contributed by atoms with Gasteiger partial charge in [0.15, 0.2) is 0 Å². The van der Waals surface area contributed by atoms with Crippen LogP contribution in [0.1, 0.15) is 20.3 Å². The SMILES string of the molecule is COCC(N)C(=O)N[C@H](CC(C)C)C(=O)O. The van der Waals surface area contributed by atoms with Gasteiger partial charge in [-0.1, -0.05) is 13.8 Å². The lowest BCUT2D eigenvalue weighted by Crippen LogP contribution is -2.50. The molecule has 0 saturated carbocycles. The van der Waals surface area contributed by atoms with Gasteiger partial charge in [-0.2, -0.15) is 0 Å². The third kappa shape index (κ3) is 5.67. The van der Waals surface area contributed by atoms with E-state index < -0.39 is 24.0 Å². The summed E-state index contributed by atoms with van der Waals surface area (Å²) in [4.78, 5) is 22.3. The number of methoxy groups -OCH3 is 1. The van der Waals surface area contributed by atoms with Crippen molar-refractivity contribution in [3.63, 3.8) is 0 Å². The van der Waals surface area contributed by atoms with E-state index in [1.807, 2.05) is 13.8 Å². The van der Waals surface area contributed by atoms with Gasteiger partial charge in [0.05, 0.1) is 6.61 Å². The zero-order valence-corrected chi connectivity index (χ0v) is 9.90. The summed E-state index contributed by atoms with van der Waals surface area (Å²) >= 11 is 0. The molecule has 0 aromatic rings. The second-order valence-electron chi connectivity index (χ2n) is 4.09. The van der Waals surface area contributed by atoms with Crippen molar-refractivity contribution in [2.45, 2.75) is 32.4 Å². The summed E-state index contributed by atoms with van der Waals surface area (Å²) in [7, 11) is 1.43. The molecule has 0 aromatic heterocycles. The zero-order chi connectivity index (χ0) is 12.7. The van der Waals surface area contributed by atoms with Gasteiger partial charge in [-0.15, -0.1) is 0 Å². The van der Waals surface area contributed by atoms with Gasteiger partial charge in [0.25, 0.3) is 0 Å². The van der Waals surface area contributed by atoms with Gasteiger partial charge < -0.3 is 20.9 Å². The second kappa shape index (κ2) is 7.19. The highest BCUT2D eigenvalue weighted by Gasteiger charge is 2.23. The lowest BCUT2D eigenvalue weighted by molar-refractivity contribution is -0.142. The quantitative estimate of drug-likeness (QED) is 0.553. The highest BCUT2D eigenvalue weighted by atomic mass is 16.5. The predicted molar refractivity (Wildman–Crippen MR) is 58.9 cm³/mol. The number of amides is 1. The zero-order valence-electron chi connectivity index (χ0n) is 9.90. The molecule has 4 N–H and O–H groups in total. The minimum absolute atomic E-state index is 0.0693. The molecule has 0 aliphatic heterocycles. The van der Waals surface area contributed by atoms with Crippen molar-refractivity contribution in [1.29, 1.82) is 0 Å². The first kappa shape index (κ1) is 14.9. The van der Waals surface area contributed by atoms with E-state index in [0.29, 0.717) is 6.42 Å². The molecule has 0 aliphatic rings. The van der Waals surface area contributed by atoms with Gasteiger partial charge in [-0.05, 0) is 12.3 Å². The number of carboxylic acids is 1. The summed E-state index contributed by atoms with van der Waals surface area (Å²) < 4.78 is 4.71. The normalized spacial score (nSPS) is 14.6. The molecule has 0 saturated heterocycles. The number of carbonyl (C=O) groups excluding carboxylic acids is 1. The number of rotatable bonds is 7. The number of carboxylic acid groups (broad SMARTS) is 1. The van der Waals surface area contributed by atoms with E-state index in [2.05, 4.69) is 5.32 Å². The monoisotopic (exact) mass is 232 g/mol. The summed E-state index contributed by atoms with van der Waals surface area (Å²) in [5.41, 5.74) is 5.48. The van der Waals surface area contributed by atoms with Crippen molar-refractivity contribution in [3.8, 4) is 0 Å². The fourth-order valence-corrected chi connectivity index (χ4v) is 1.23. The fourth-order valence-electron chi connectivity index (χ4n) is 1.23. The largest absolute Gasteiger partial charge is 0.480 e. The van der Waals surface area contributed by atoms with Crippen molar-refractivity contribution < 1.29 is 19.4 Å². The van der Waals surface area contributed by atoms with Crippen LogP contribution in [0.3, 0.4) is 0 Å². The maximum Gasteiger partial charge on any atom is 0.326 e. The number of nitrogens with one attached hydrogen (secondary N) is 1. The molecule has 1 amide bonds. The van der Waals surface area contributed by atoms with Gasteiger partial charge in [0.2, 0.25) is 5.91 Å². The highest BCUT2D eigenvalue weighted by molar-refractivity contribution is 5.86. The van der Waals surface area contributed by atoms with Crippen LogP contribution in [0.5, 0.6) is 0 Å². The molecule has 2 atom stereocenters. The Morgan fingerprint density at radius 2 is 2.00 bits per heavy atom. The third-order valence-corrected chi connectivity index (χ3v) is 2.00. The molecule has 0 fully saturated rings. The molecule has 6 nitrogen and oxygen atoms in total. The van der Waals surface area contributed by atoms with Crippen LogP contribution >= 0.6 is 0 Å². The molecule has 0 aliphatic carbocycles. The Labute approximate surface area is 95.1 Å². The molecule has 0 aromatic carbocycles. The van der Waals surface area contributed by atoms with E-state index in [-0.39, 0.29) is 12.5 Å². The molecule has 0 radical (unpaired) electrons. The maximum atomic E-state index is 11.4. The van der Waals surface area contributed by atoms with Crippen molar-refractivity contribution in [2.24, 2.45) is 11.7 Å². The highest BCUT2D eigenvalue weighted by Crippen LogP contribution is 2.05. The standard InChI is InChI=1S/C10H20N2O4/c1-6(2)4-8(10(14)15)12-9(13)7(11)5-16-3/h6-8H,4-5,11H2,1-3H3,(H,12,13)(H,14,15)/t7?,8-/m1/s1. The van der Waals surface area contributed by atoms with Gasteiger partial charge >= 0.3 is 5.97 Å². The predicted octanol–water partition coefficient (Wildman–Crippen LogP) is -0.424. The number of ether oxygens (including phenoxy) is 1. The first-order valence-corrected chi connectivity index (χ1v) is 5.16. The molecule has 0 bridgehead atoms. The minimum Gasteiger partial charge on any atom is -0.480 e. The Morgan fingerprint density at radius 1 is 1.44 bits per heavy atom. The lowest BCUT2D eigenvalue weighted by atomic mass is 10.0. The van der Waals surface area contributed by atoms with Gasteiger partial charge in [-0.3, -0.25) is 4.79 Å². The Morgan fingerprint density at radius 3 is 2.38 bits per heavy atom. The smallest absolute Gasteiger partial charge is 0.326 e. The maximum absolute atomic E-state index is 11.4. The van der Waals surface area contributed by atoms with Crippen LogP contribution in [-0.4, -0.2) is 42.8 Å². The molecular formula is C10H20N2O4. The lowest BCUT2D eigenvalue weighted by Gasteiger charge is -2.18. The van der Waals surface area contributed by atoms with Crippen molar-refractivity contribution in [3.05, 3.63) is 0 Å². The van der Waals surface area contributed by atoms with E-state index in [0.717, 1.165) is 0 Å². The molecule has 1 unspecified atom stereocenters. The number of nitrogens with two attached hydrogens (primary N) is 1. The van der Waals surface area contributed by atoms with E-state index in [1.165, 1.54) is 7.11 Å². The third-order valence-electron chi connectivity index (χ3n) is 2.00.